The van der Waals surface area contributed by atoms with Gasteiger partial charge in [0, 0.05) is 12.2 Å². The quantitative estimate of drug-likeness (QED) is 0.481. The Morgan fingerprint density at radius 2 is 1.59 bits per heavy atom. The molecule has 0 fully saturated rings. The van der Waals surface area contributed by atoms with Crippen molar-refractivity contribution in [3.63, 3.8) is 0 Å². The van der Waals surface area contributed by atoms with Crippen molar-refractivity contribution in [2.45, 2.75) is 32.9 Å². The van der Waals surface area contributed by atoms with E-state index in [0.29, 0.717) is 12.2 Å². The van der Waals surface area contributed by atoms with Crippen molar-refractivity contribution in [2.75, 3.05) is 5.32 Å². The molecule has 3 aromatic rings. The van der Waals surface area contributed by atoms with Crippen molar-refractivity contribution in [1.29, 1.82) is 0 Å². The smallest absolute Gasteiger partial charge is 0.291 e. The number of nitrogens with one attached hydrogen (secondary N) is 3. The Morgan fingerprint density at radius 1 is 0.875 bits per heavy atom. The summed E-state index contributed by atoms with van der Waals surface area (Å²) in [5.74, 6) is -0.593. The molecule has 0 bridgehead atoms. The predicted octanol–water partition coefficient (Wildman–Crippen LogP) is 3.53. The van der Waals surface area contributed by atoms with Crippen LogP contribution in [0.3, 0.4) is 0 Å². The van der Waals surface area contributed by atoms with Gasteiger partial charge in [-0.05, 0) is 41.3 Å². The van der Waals surface area contributed by atoms with Crippen molar-refractivity contribution in [3.05, 3.63) is 89.9 Å². The zero-order valence-electron chi connectivity index (χ0n) is 18.1. The molecule has 32 heavy (non-hydrogen) atoms. The number of anilines is 1. The maximum Gasteiger partial charge on any atom is 0.291 e. The first-order valence-electron chi connectivity index (χ1n) is 10.5. The highest BCUT2D eigenvalue weighted by molar-refractivity contribution is 6.02. The first-order valence-corrected chi connectivity index (χ1v) is 10.5. The normalized spacial score (nSPS) is 11.6. The van der Waals surface area contributed by atoms with Crippen molar-refractivity contribution in [1.82, 2.24) is 10.6 Å². The second kappa shape index (κ2) is 10.9. The van der Waals surface area contributed by atoms with Crippen molar-refractivity contribution in [2.24, 2.45) is 5.92 Å². The van der Waals surface area contributed by atoms with E-state index in [9.17, 15) is 14.4 Å². The van der Waals surface area contributed by atoms with Crippen molar-refractivity contribution < 1.29 is 18.8 Å². The number of benzene rings is 2. The summed E-state index contributed by atoms with van der Waals surface area (Å²) < 4.78 is 5.07. The summed E-state index contributed by atoms with van der Waals surface area (Å²) in [7, 11) is 0. The molecule has 7 nitrogen and oxygen atoms in total. The maximum atomic E-state index is 12.7. The molecule has 0 aliphatic heterocycles. The molecule has 0 radical (unpaired) electrons. The summed E-state index contributed by atoms with van der Waals surface area (Å²) in [6, 6.07) is 19.2. The van der Waals surface area contributed by atoms with Gasteiger partial charge in [0.05, 0.1) is 12.7 Å². The van der Waals surface area contributed by atoms with Crippen LogP contribution in [0.1, 0.15) is 35.5 Å². The minimum Gasteiger partial charge on any atom is -0.459 e. The van der Waals surface area contributed by atoms with E-state index < -0.39 is 6.04 Å². The van der Waals surface area contributed by atoms with E-state index in [4.69, 9.17) is 4.42 Å². The molecule has 0 saturated carbocycles. The van der Waals surface area contributed by atoms with Gasteiger partial charge in [0.1, 0.15) is 6.04 Å². The first kappa shape index (κ1) is 22.8. The fraction of sp³-hybridized carbons (Fsp3) is 0.240. The van der Waals surface area contributed by atoms with Gasteiger partial charge in [0.2, 0.25) is 11.8 Å². The lowest BCUT2D eigenvalue weighted by Gasteiger charge is -2.22. The van der Waals surface area contributed by atoms with Crippen LogP contribution in [0.5, 0.6) is 0 Å². The first-order chi connectivity index (χ1) is 15.4. The minimum absolute atomic E-state index is 0.0612. The van der Waals surface area contributed by atoms with Gasteiger partial charge in [-0.2, -0.15) is 0 Å². The lowest BCUT2D eigenvalue weighted by Crippen LogP contribution is -2.49. The Hall–Kier alpha value is -3.87. The Balaban J connectivity index is 1.51. The summed E-state index contributed by atoms with van der Waals surface area (Å²) >= 11 is 0. The van der Waals surface area contributed by atoms with E-state index in [2.05, 4.69) is 16.0 Å². The van der Waals surface area contributed by atoms with Gasteiger partial charge in [-0.15, -0.1) is 0 Å². The molecule has 1 heterocycles. The van der Waals surface area contributed by atoms with Crippen molar-refractivity contribution in [3.8, 4) is 0 Å². The largest absolute Gasteiger partial charge is 0.459 e. The fourth-order valence-corrected chi connectivity index (χ4v) is 3.15. The van der Waals surface area contributed by atoms with Crippen LogP contribution in [-0.2, 0) is 22.6 Å². The van der Waals surface area contributed by atoms with Crippen LogP contribution in [0.15, 0.2) is 77.4 Å². The van der Waals surface area contributed by atoms with E-state index in [0.717, 1.165) is 11.1 Å². The van der Waals surface area contributed by atoms with Gasteiger partial charge < -0.3 is 20.4 Å². The van der Waals surface area contributed by atoms with E-state index in [1.54, 1.807) is 24.3 Å². The number of furan rings is 1. The van der Waals surface area contributed by atoms with Crippen LogP contribution in [0.25, 0.3) is 0 Å². The summed E-state index contributed by atoms with van der Waals surface area (Å²) in [4.78, 5) is 37.1. The third kappa shape index (κ3) is 6.57. The maximum absolute atomic E-state index is 12.7. The number of hydrogen-bond donors (Lipinski definition) is 3. The van der Waals surface area contributed by atoms with Gasteiger partial charge in [-0.1, -0.05) is 56.3 Å². The number of amides is 3. The Labute approximate surface area is 187 Å². The second-order valence-corrected chi connectivity index (χ2v) is 7.80. The lowest BCUT2D eigenvalue weighted by atomic mass is 10.0. The molecule has 1 atom stereocenters. The van der Waals surface area contributed by atoms with Crippen molar-refractivity contribution >= 4 is 23.4 Å². The van der Waals surface area contributed by atoms with Gasteiger partial charge >= 0.3 is 0 Å². The molecule has 3 amide bonds. The molecule has 0 aliphatic carbocycles. The van der Waals surface area contributed by atoms with Crippen LogP contribution < -0.4 is 16.0 Å². The Bertz CT molecular complexity index is 1030. The van der Waals surface area contributed by atoms with Crippen LogP contribution in [0.4, 0.5) is 5.69 Å². The molecule has 3 N–H and O–H groups in total. The summed E-state index contributed by atoms with van der Waals surface area (Å²) in [5, 5.41) is 8.46. The molecule has 3 rings (SSSR count). The molecule has 2 aromatic carbocycles. The highest BCUT2D eigenvalue weighted by Crippen LogP contribution is 2.12. The predicted molar refractivity (Wildman–Crippen MR) is 122 cm³/mol. The molecule has 0 aliphatic rings. The Morgan fingerprint density at radius 3 is 2.22 bits per heavy atom. The zero-order chi connectivity index (χ0) is 22.9. The summed E-state index contributed by atoms with van der Waals surface area (Å²) in [6.07, 6.45) is 1.66. The molecule has 166 valence electrons. The standard InChI is InChI=1S/C25H27N3O4/c1-17(2)23(28-22(29)15-18-7-4-3-5-8-18)25(31)26-16-19-10-12-20(13-11-19)27-24(30)21-9-6-14-32-21/h3-14,17,23H,15-16H2,1-2H3,(H,26,31)(H,27,30)(H,28,29). The van der Waals surface area contributed by atoms with Gasteiger partial charge in [-0.25, -0.2) is 0 Å². The topological polar surface area (TPSA) is 100 Å². The van der Waals surface area contributed by atoms with Crippen LogP contribution in [0.2, 0.25) is 0 Å². The molecule has 1 aromatic heterocycles. The van der Waals surface area contributed by atoms with Gasteiger partial charge in [0.25, 0.3) is 5.91 Å². The SMILES string of the molecule is CC(C)C(NC(=O)Cc1ccccc1)C(=O)NCc1ccc(NC(=O)c2ccco2)cc1. The number of hydrogen-bond acceptors (Lipinski definition) is 4. The number of carbonyl (C=O) groups is 3. The molecule has 7 heteroatoms. The third-order valence-corrected chi connectivity index (χ3v) is 4.90. The van der Waals surface area contributed by atoms with Crippen LogP contribution in [0, 0.1) is 5.92 Å². The number of rotatable bonds is 9. The average molecular weight is 434 g/mol. The lowest BCUT2D eigenvalue weighted by molar-refractivity contribution is -0.129. The zero-order valence-corrected chi connectivity index (χ0v) is 18.1. The third-order valence-electron chi connectivity index (χ3n) is 4.90. The monoisotopic (exact) mass is 433 g/mol. The van der Waals surface area contributed by atoms with Gasteiger partial charge in [-0.3, -0.25) is 14.4 Å². The summed E-state index contributed by atoms with van der Waals surface area (Å²) in [6.45, 7) is 4.09. The molecule has 1 unspecified atom stereocenters. The van der Waals surface area contributed by atoms with Crippen LogP contribution in [-0.4, -0.2) is 23.8 Å². The van der Waals surface area contributed by atoms with E-state index in [1.165, 1.54) is 6.26 Å². The van der Waals surface area contributed by atoms with Crippen LogP contribution >= 0.6 is 0 Å². The average Bonchev–Trinajstić information content (AvgIpc) is 3.32. The number of carbonyl (C=O) groups excluding carboxylic acids is 3. The van der Waals surface area contributed by atoms with E-state index >= 15 is 0 Å². The van der Waals surface area contributed by atoms with Gasteiger partial charge in [0.15, 0.2) is 5.76 Å². The molecular weight excluding hydrogens is 406 g/mol. The van der Waals surface area contributed by atoms with E-state index in [-0.39, 0.29) is 35.8 Å². The highest BCUT2D eigenvalue weighted by Gasteiger charge is 2.24. The fourth-order valence-electron chi connectivity index (χ4n) is 3.15. The summed E-state index contributed by atoms with van der Waals surface area (Å²) in [5.41, 5.74) is 2.38. The minimum atomic E-state index is -0.627. The van der Waals surface area contributed by atoms with E-state index in [1.807, 2.05) is 56.3 Å². The molecular formula is C25H27N3O4. The highest BCUT2D eigenvalue weighted by atomic mass is 16.3. The molecule has 0 saturated heterocycles. The Kier molecular flexibility index (Phi) is 7.80. The second-order valence-electron chi connectivity index (χ2n) is 7.80. The molecule has 0 spiro atoms.